The van der Waals surface area contributed by atoms with Crippen LogP contribution in [0.3, 0.4) is 0 Å². The van der Waals surface area contributed by atoms with E-state index in [0.717, 1.165) is 5.57 Å². The number of piperidine rings is 1. The van der Waals surface area contributed by atoms with E-state index in [0.29, 0.717) is 129 Å². The van der Waals surface area contributed by atoms with Crippen LogP contribution >= 0.6 is 0 Å². The van der Waals surface area contributed by atoms with E-state index in [1.807, 2.05) is 58.1 Å². The predicted octanol–water partition coefficient (Wildman–Crippen LogP) is 5.69. The molecule has 2 bridgehead atoms. The second-order valence-corrected chi connectivity index (χ2v) is 25.5. The molecule has 1 aliphatic carbocycles. The molecule has 526 valence electrons. The number of carbonyl (C=O) groups is 6. The van der Waals surface area contributed by atoms with Gasteiger partial charge in [0.1, 0.15) is 30.5 Å². The zero-order chi connectivity index (χ0) is 67.9. The van der Waals surface area contributed by atoms with Gasteiger partial charge in [-0.25, -0.2) is 9.59 Å². The van der Waals surface area contributed by atoms with E-state index in [2.05, 4.69) is 0 Å². The number of ketones is 2. The number of ether oxygens (including phenoxy) is 11. The van der Waals surface area contributed by atoms with E-state index in [1.165, 1.54) is 16.9 Å². The highest BCUT2D eigenvalue weighted by Gasteiger charge is 2.53. The van der Waals surface area contributed by atoms with Gasteiger partial charge in [0.15, 0.2) is 5.78 Å². The molecule has 3 aliphatic heterocycles. The van der Waals surface area contributed by atoms with Gasteiger partial charge in [0.2, 0.25) is 11.7 Å². The molecule has 3 heterocycles. The summed E-state index contributed by atoms with van der Waals surface area (Å²) in [7, 11) is 7.98. The SMILES string of the molecule is CCOCCN(C)C(=O)CCOCCOCCOCCOCCN(C)C(=O)O[C@@H]1CC[C@@H](C[C@@H](N)[C@@H]2C[C@@H](OC)[C@H](C)/C=C(\C)[C@@H](O)[C@@H](O)C(=O)[C@H](C)C[C@H](C)/C=C/C=C/C=C(\C)[C@@H](OC)C[C@@H]3CC[C@@H](C)[C@@](O)(O3)C(=O)C(=O)N3CCCC[C@H]3C(=O)O2)C[C@H]1OC. The lowest BCUT2D eigenvalue weighted by Gasteiger charge is -2.43. The monoisotopic (exact) mass is 1310 g/mol. The first-order valence-corrected chi connectivity index (χ1v) is 33.3. The molecule has 3 amide bonds. The molecule has 4 rings (SSSR count). The number of nitrogens with zero attached hydrogens (tertiary/aromatic N) is 3. The van der Waals surface area contributed by atoms with Gasteiger partial charge in [-0.15, -0.1) is 0 Å². The normalized spacial score (nSPS) is 32.7. The zero-order valence-electron chi connectivity index (χ0n) is 57.2. The Morgan fingerprint density at radius 1 is 0.717 bits per heavy atom. The second kappa shape index (κ2) is 42.1. The Morgan fingerprint density at radius 3 is 2.01 bits per heavy atom. The molecule has 0 aromatic carbocycles. The van der Waals surface area contributed by atoms with Crippen LogP contribution in [0, 0.1) is 29.6 Å². The number of esters is 1. The fraction of sp³-hybridized carbons (Fsp3) is 0.794. The molecule has 24 heteroatoms. The van der Waals surface area contributed by atoms with Gasteiger partial charge in [-0.1, -0.05) is 64.2 Å². The lowest BCUT2D eigenvalue weighted by molar-refractivity contribution is -0.265. The highest BCUT2D eigenvalue weighted by Crippen LogP contribution is 2.38. The Balaban J connectivity index is 1.42. The molecule has 92 heavy (non-hydrogen) atoms. The predicted molar refractivity (Wildman–Crippen MR) is 344 cm³/mol. The van der Waals surface area contributed by atoms with E-state index in [-0.39, 0.29) is 63.1 Å². The maximum atomic E-state index is 14.8. The van der Waals surface area contributed by atoms with Crippen LogP contribution in [0.25, 0.3) is 0 Å². The standard InChI is InChI=1S/C68H114N4O20/c1-13-85-31-28-70(8)60(73)26-30-86-33-35-88-37-38-89-36-34-87-32-29-71(9)67(80)91-55-25-23-51(42-59(55)84-12)41-53(69)58-44-57(83-11)47(4)40-49(6)62(75)63(76)61(74)48(5)39-45(2)19-15-14-16-20-46(3)56(82-10)43-52-24-22-50(7)68(81,92-52)64(77)65(78)72-27-18-17-21-54(72)66(79)90-58/h14-16,19-20,40,45,47-48,50-59,62-63,75-76,81H,13,17-18,21-39,41-44,69H2,1-12H3/b16-14+,19-15+,46-20+,49-40+/t45-,47-,48-,50-,51+,52+,53-,54+,55-,56+,57-,58+,59-,62-,63+,68-/m1/s1. The van der Waals surface area contributed by atoms with E-state index in [4.69, 9.17) is 57.8 Å². The van der Waals surface area contributed by atoms with Crippen LogP contribution in [0.2, 0.25) is 0 Å². The lowest BCUT2D eigenvalue weighted by atomic mass is 9.80. The van der Waals surface area contributed by atoms with E-state index >= 15 is 0 Å². The first-order chi connectivity index (χ1) is 43.9. The first kappa shape index (κ1) is 79.9. The van der Waals surface area contributed by atoms with Gasteiger partial charge in [-0.2, -0.15) is 0 Å². The Bertz CT molecular complexity index is 2370. The minimum Gasteiger partial charge on any atom is -0.459 e. The van der Waals surface area contributed by atoms with Crippen molar-refractivity contribution in [2.24, 2.45) is 35.3 Å². The van der Waals surface area contributed by atoms with Crippen LogP contribution in [-0.4, -0.2) is 253 Å². The summed E-state index contributed by atoms with van der Waals surface area (Å²) in [5.41, 5.74) is 8.33. The summed E-state index contributed by atoms with van der Waals surface area (Å²) in [6.45, 7) is 17.3. The van der Waals surface area contributed by atoms with Crippen molar-refractivity contribution >= 4 is 35.4 Å². The maximum absolute atomic E-state index is 14.8. The quantitative estimate of drug-likeness (QED) is 0.0350. The summed E-state index contributed by atoms with van der Waals surface area (Å²) in [4.78, 5) is 87.1. The Morgan fingerprint density at radius 2 is 1.36 bits per heavy atom. The number of rotatable bonds is 26. The smallest absolute Gasteiger partial charge is 0.409 e. The van der Waals surface area contributed by atoms with Crippen LogP contribution in [0.15, 0.2) is 47.6 Å². The number of methoxy groups -OCH3 is 3. The maximum Gasteiger partial charge on any atom is 0.409 e. The van der Waals surface area contributed by atoms with Crippen molar-refractivity contribution in [1.82, 2.24) is 14.7 Å². The summed E-state index contributed by atoms with van der Waals surface area (Å²) >= 11 is 0. The van der Waals surface area contributed by atoms with Crippen molar-refractivity contribution in [3.8, 4) is 0 Å². The molecule has 16 atom stereocenters. The van der Waals surface area contributed by atoms with Crippen molar-refractivity contribution in [2.75, 3.05) is 121 Å². The number of Topliss-reactive ketones (excluding diaryl/α,β-unsaturated/α-hetero) is 2. The molecule has 3 fully saturated rings. The number of cyclic esters (lactones) is 1. The average Bonchev–Trinajstić information content (AvgIpc) is 0.798. The van der Waals surface area contributed by atoms with Crippen molar-refractivity contribution in [2.45, 2.75) is 199 Å². The zero-order valence-corrected chi connectivity index (χ0v) is 57.2. The number of allylic oxidation sites excluding steroid dienone is 5. The van der Waals surface area contributed by atoms with Crippen molar-refractivity contribution in [3.05, 3.63) is 47.6 Å². The Labute approximate surface area is 547 Å². The van der Waals surface area contributed by atoms with Gasteiger partial charge >= 0.3 is 12.1 Å². The van der Waals surface area contributed by atoms with Crippen LogP contribution in [0.1, 0.15) is 132 Å². The van der Waals surface area contributed by atoms with Crippen molar-refractivity contribution in [3.63, 3.8) is 0 Å². The molecule has 2 saturated heterocycles. The third kappa shape index (κ3) is 25.9. The number of amides is 3. The fourth-order valence-corrected chi connectivity index (χ4v) is 12.3. The van der Waals surface area contributed by atoms with E-state index in [1.54, 1.807) is 60.1 Å². The minimum atomic E-state index is -2.47. The summed E-state index contributed by atoms with van der Waals surface area (Å²) in [6, 6.07) is -2.01. The third-order valence-corrected chi connectivity index (χ3v) is 18.3. The first-order valence-electron chi connectivity index (χ1n) is 33.3. The number of carbonyl (C=O) groups excluding carboxylic acids is 6. The molecule has 0 aromatic rings. The van der Waals surface area contributed by atoms with E-state index in [9.17, 15) is 44.1 Å². The summed E-state index contributed by atoms with van der Waals surface area (Å²) in [5, 5.41) is 34.8. The van der Waals surface area contributed by atoms with Gasteiger partial charge in [-0.05, 0) is 108 Å². The largest absolute Gasteiger partial charge is 0.459 e. The average molecular weight is 1310 g/mol. The van der Waals surface area contributed by atoms with Gasteiger partial charge in [0, 0.05) is 98.3 Å². The van der Waals surface area contributed by atoms with Crippen molar-refractivity contribution in [1.29, 1.82) is 0 Å². The Hall–Kier alpha value is -4.54. The van der Waals surface area contributed by atoms with Gasteiger partial charge in [-0.3, -0.25) is 19.2 Å². The lowest BCUT2D eigenvalue weighted by Crippen LogP contribution is -2.61. The Kier molecular flexibility index (Phi) is 36.6. The van der Waals surface area contributed by atoms with Gasteiger partial charge in [0.25, 0.3) is 11.7 Å². The molecule has 0 aromatic heterocycles. The number of fused-ring (bicyclic) bond motifs is 3. The molecule has 0 radical (unpaired) electrons. The van der Waals surface area contributed by atoms with Crippen LogP contribution in [-0.2, 0) is 76.1 Å². The van der Waals surface area contributed by atoms with Crippen LogP contribution in [0.5, 0.6) is 0 Å². The summed E-state index contributed by atoms with van der Waals surface area (Å²) in [5.74, 6) is -7.92. The molecular weight excluding hydrogens is 1190 g/mol. The van der Waals surface area contributed by atoms with Crippen LogP contribution in [0.4, 0.5) is 4.79 Å². The van der Waals surface area contributed by atoms with Gasteiger partial charge in [0.05, 0.1) is 90.3 Å². The molecule has 4 aliphatic rings. The number of hydrogen-bond donors (Lipinski definition) is 4. The molecular formula is C68H114N4O20. The second-order valence-electron chi connectivity index (χ2n) is 25.5. The number of hydrogen-bond acceptors (Lipinski definition) is 21. The molecule has 0 unspecified atom stereocenters. The van der Waals surface area contributed by atoms with Crippen molar-refractivity contribution < 1.29 is 96.2 Å². The molecule has 1 saturated carbocycles. The number of aliphatic hydroxyl groups excluding tert-OH is 2. The number of nitrogens with two attached hydrogens (primary N) is 1. The van der Waals surface area contributed by atoms with Gasteiger partial charge < -0.3 is 87.9 Å². The summed E-state index contributed by atoms with van der Waals surface area (Å²) in [6.07, 6.45) is 8.48. The highest BCUT2D eigenvalue weighted by atomic mass is 16.6. The molecule has 0 spiro atoms. The number of likely N-dealkylation sites (N-methyl/N-ethyl adjacent to an activating group) is 2. The van der Waals surface area contributed by atoms with Crippen LogP contribution < -0.4 is 5.73 Å². The summed E-state index contributed by atoms with van der Waals surface area (Å²) < 4.78 is 64.1. The molecule has 24 nitrogen and oxygen atoms in total. The van der Waals surface area contributed by atoms with E-state index < -0.39 is 114 Å². The fourth-order valence-electron chi connectivity index (χ4n) is 12.3. The molecule has 5 N–H and O–H groups in total. The number of aliphatic hydroxyl groups is 3. The third-order valence-electron chi connectivity index (χ3n) is 18.3. The topological polar surface area (TPSA) is 300 Å². The highest BCUT2D eigenvalue weighted by molar-refractivity contribution is 6.39. The minimum absolute atomic E-state index is 0.00408.